The second-order valence-corrected chi connectivity index (χ2v) is 10.5. The smallest absolute Gasteiger partial charge is 0.243 e. The fourth-order valence-corrected chi connectivity index (χ4v) is 6.49. The number of hydrogen-bond donors (Lipinski definition) is 1. The maximum Gasteiger partial charge on any atom is 0.243 e. The maximum absolute atomic E-state index is 13.3. The molecule has 8 nitrogen and oxygen atoms in total. The monoisotopic (exact) mass is 455 g/mol. The first-order valence-electron chi connectivity index (χ1n) is 10.9. The number of piperidine rings is 1. The number of pyridine rings is 1. The van der Waals surface area contributed by atoms with E-state index < -0.39 is 10.0 Å². The first-order valence-corrected chi connectivity index (χ1v) is 12.3. The van der Waals surface area contributed by atoms with Gasteiger partial charge in [-0.3, -0.25) is 9.20 Å². The molecule has 0 aliphatic carbocycles. The molecule has 1 aromatic carbocycles. The highest BCUT2D eigenvalue weighted by Crippen LogP contribution is 2.29. The van der Waals surface area contributed by atoms with Gasteiger partial charge in [-0.2, -0.15) is 4.31 Å². The predicted octanol–water partition coefficient (Wildman–Crippen LogP) is 2.93. The zero-order valence-electron chi connectivity index (χ0n) is 18.9. The van der Waals surface area contributed by atoms with Crippen LogP contribution in [0.25, 0.3) is 5.65 Å². The molecule has 170 valence electrons. The molecule has 1 atom stereocenters. The molecule has 0 radical (unpaired) electrons. The average molecular weight is 456 g/mol. The van der Waals surface area contributed by atoms with Crippen LogP contribution < -0.4 is 5.32 Å². The number of aromatic nitrogens is 3. The summed E-state index contributed by atoms with van der Waals surface area (Å²) in [5, 5.41) is 11.4. The molecule has 1 aliphatic heterocycles. The summed E-state index contributed by atoms with van der Waals surface area (Å²) in [5.74, 6) is 0.354. The third kappa shape index (κ3) is 4.14. The van der Waals surface area contributed by atoms with E-state index in [2.05, 4.69) is 15.5 Å². The Morgan fingerprint density at radius 3 is 2.41 bits per heavy atom. The molecule has 32 heavy (non-hydrogen) atoms. The number of benzene rings is 1. The number of carbonyl (C=O) groups excluding carboxylic acids is 1. The number of fused-ring (bicyclic) bond motifs is 1. The van der Waals surface area contributed by atoms with Crippen molar-refractivity contribution in [1.82, 2.24) is 24.2 Å². The highest BCUT2D eigenvalue weighted by molar-refractivity contribution is 7.89. The van der Waals surface area contributed by atoms with Crippen molar-refractivity contribution in [3.05, 3.63) is 59.0 Å². The molecule has 4 rings (SSSR count). The third-order valence-electron chi connectivity index (χ3n) is 6.11. The summed E-state index contributed by atoms with van der Waals surface area (Å²) < 4.78 is 29.9. The molecule has 0 bridgehead atoms. The Hall–Kier alpha value is -2.78. The standard InChI is InChI=1S/C23H29N5O3S/c1-15-13-16(2)21(17(3)14-15)32(30,31)27-11-8-19(9-12-27)23(29)24-18(4)22-26-25-20-7-5-6-10-28(20)22/h5-7,10,13-14,18-19H,8-9,11-12H2,1-4H3,(H,24,29). The first-order chi connectivity index (χ1) is 15.2. The molecule has 1 aliphatic rings. The van der Waals surface area contributed by atoms with Gasteiger partial charge in [-0.15, -0.1) is 10.2 Å². The van der Waals surface area contributed by atoms with Gasteiger partial charge in [-0.25, -0.2) is 8.42 Å². The lowest BCUT2D eigenvalue weighted by Gasteiger charge is -2.32. The van der Waals surface area contributed by atoms with Crippen molar-refractivity contribution in [3.63, 3.8) is 0 Å². The summed E-state index contributed by atoms with van der Waals surface area (Å²) in [5.41, 5.74) is 3.29. The quantitative estimate of drug-likeness (QED) is 0.638. The minimum Gasteiger partial charge on any atom is -0.346 e. The van der Waals surface area contributed by atoms with Gasteiger partial charge in [0.15, 0.2) is 11.5 Å². The van der Waals surface area contributed by atoms with Crippen LogP contribution in [-0.2, 0) is 14.8 Å². The largest absolute Gasteiger partial charge is 0.346 e. The number of nitrogens with one attached hydrogen (secondary N) is 1. The Balaban J connectivity index is 1.42. The van der Waals surface area contributed by atoms with E-state index in [1.165, 1.54) is 4.31 Å². The predicted molar refractivity (Wildman–Crippen MR) is 122 cm³/mol. The number of hydrogen-bond acceptors (Lipinski definition) is 5. The van der Waals surface area contributed by atoms with E-state index in [4.69, 9.17) is 0 Å². The molecule has 0 saturated carbocycles. The number of nitrogens with zero attached hydrogens (tertiary/aromatic N) is 4. The lowest BCUT2D eigenvalue weighted by molar-refractivity contribution is -0.126. The van der Waals surface area contributed by atoms with Crippen LogP contribution in [0.1, 0.15) is 48.3 Å². The topological polar surface area (TPSA) is 96.7 Å². The minimum absolute atomic E-state index is 0.0788. The number of aryl methyl sites for hydroxylation is 3. The summed E-state index contributed by atoms with van der Waals surface area (Å²) in [6, 6.07) is 9.13. The van der Waals surface area contributed by atoms with Crippen molar-refractivity contribution >= 4 is 21.6 Å². The third-order valence-corrected chi connectivity index (χ3v) is 8.32. The van der Waals surface area contributed by atoms with Crippen molar-refractivity contribution < 1.29 is 13.2 Å². The summed E-state index contributed by atoms with van der Waals surface area (Å²) in [6.07, 6.45) is 2.84. The minimum atomic E-state index is -3.59. The number of sulfonamides is 1. The zero-order valence-corrected chi connectivity index (χ0v) is 19.7. The molecule has 1 unspecified atom stereocenters. The van der Waals surface area contributed by atoms with Crippen LogP contribution >= 0.6 is 0 Å². The van der Waals surface area contributed by atoms with Crippen LogP contribution in [0.4, 0.5) is 0 Å². The highest BCUT2D eigenvalue weighted by atomic mass is 32.2. The normalized spacial score (nSPS) is 16.9. The van der Waals surface area contributed by atoms with Crippen LogP contribution in [0, 0.1) is 26.7 Å². The van der Waals surface area contributed by atoms with E-state index in [1.54, 1.807) is 0 Å². The van der Waals surface area contributed by atoms with Gasteiger partial charge in [-0.1, -0.05) is 23.8 Å². The van der Waals surface area contributed by atoms with Crippen molar-refractivity contribution in [1.29, 1.82) is 0 Å². The summed E-state index contributed by atoms with van der Waals surface area (Å²) in [6.45, 7) is 8.17. The number of rotatable bonds is 5. The SMILES string of the molecule is Cc1cc(C)c(S(=O)(=O)N2CCC(C(=O)NC(C)c3nnc4ccccn34)CC2)c(C)c1. The molecular formula is C23H29N5O3S. The van der Waals surface area contributed by atoms with Gasteiger partial charge >= 0.3 is 0 Å². The molecule has 1 N–H and O–H groups in total. The lowest BCUT2D eigenvalue weighted by Crippen LogP contribution is -2.43. The average Bonchev–Trinajstić information content (AvgIpc) is 3.17. The van der Waals surface area contributed by atoms with Gasteiger partial charge in [0, 0.05) is 25.2 Å². The maximum atomic E-state index is 13.3. The number of amides is 1. The van der Waals surface area contributed by atoms with Crippen LogP contribution in [0.2, 0.25) is 0 Å². The van der Waals surface area contributed by atoms with Crippen molar-refractivity contribution in [2.45, 2.75) is 51.5 Å². The molecule has 9 heteroatoms. The highest BCUT2D eigenvalue weighted by Gasteiger charge is 2.34. The molecule has 2 aromatic heterocycles. The number of carbonyl (C=O) groups is 1. The molecule has 3 heterocycles. The molecular weight excluding hydrogens is 426 g/mol. The van der Waals surface area contributed by atoms with E-state index in [0.29, 0.717) is 36.7 Å². The van der Waals surface area contributed by atoms with Crippen molar-refractivity contribution in [2.75, 3.05) is 13.1 Å². The first kappa shape index (κ1) is 22.4. The van der Waals surface area contributed by atoms with Crippen LogP contribution in [0.15, 0.2) is 41.4 Å². The van der Waals surface area contributed by atoms with Crippen molar-refractivity contribution in [2.24, 2.45) is 5.92 Å². The fourth-order valence-electron chi connectivity index (χ4n) is 4.61. The Morgan fingerprint density at radius 2 is 1.75 bits per heavy atom. The summed E-state index contributed by atoms with van der Waals surface area (Å²) >= 11 is 0. The summed E-state index contributed by atoms with van der Waals surface area (Å²) in [4.78, 5) is 13.3. The lowest BCUT2D eigenvalue weighted by atomic mass is 9.97. The van der Waals surface area contributed by atoms with E-state index in [0.717, 1.165) is 22.3 Å². The van der Waals surface area contributed by atoms with Gasteiger partial charge in [0.1, 0.15) is 0 Å². The van der Waals surface area contributed by atoms with E-state index in [1.807, 2.05) is 68.6 Å². The van der Waals surface area contributed by atoms with Gasteiger partial charge in [-0.05, 0) is 63.8 Å². The Kier molecular flexibility index (Phi) is 6.05. The van der Waals surface area contributed by atoms with Crippen LogP contribution in [-0.4, -0.2) is 46.3 Å². The van der Waals surface area contributed by atoms with E-state index in [-0.39, 0.29) is 17.9 Å². The van der Waals surface area contributed by atoms with E-state index >= 15 is 0 Å². The molecule has 1 amide bonds. The summed E-state index contributed by atoms with van der Waals surface area (Å²) in [7, 11) is -3.59. The molecule has 3 aromatic rings. The second kappa shape index (κ2) is 8.63. The van der Waals surface area contributed by atoms with Gasteiger partial charge < -0.3 is 5.32 Å². The van der Waals surface area contributed by atoms with Crippen LogP contribution in [0.5, 0.6) is 0 Å². The molecule has 1 fully saturated rings. The fraction of sp³-hybridized carbons (Fsp3) is 0.435. The second-order valence-electron chi connectivity index (χ2n) is 8.62. The zero-order chi connectivity index (χ0) is 23.0. The van der Waals surface area contributed by atoms with Gasteiger partial charge in [0.2, 0.25) is 15.9 Å². The Morgan fingerprint density at radius 1 is 1.09 bits per heavy atom. The molecule has 0 spiro atoms. The molecule has 1 saturated heterocycles. The van der Waals surface area contributed by atoms with Crippen molar-refractivity contribution in [3.8, 4) is 0 Å². The van der Waals surface area contributed by atoms with Gasteiger partial charge in [0.25, 0.3) is 0 Å². The van der Waals surface area contributed by atoms with E-state index in [9.17, 15) is 13.2 Å². The Bertz CT molecular complexity index is 1240. The Labute approximate surface area is 188 Å². The van der Waals surface area contributed by atoms with Crippen LogP contribution in [0.3, 0.4) is 0 Å². The van der Waals surface area contributed by atoms with Gasteiger partial charge in [0.05, 0.1) is 10.9 Å².